The van der Waals surface area contributed by atoms with Gasteiger partial charge in [-0.05, 0) is 42.7 Å². The maximum atomic E-state index is 12.3. The number of carbonyl (C=O) groups is 1. The van der Waals surface area contributed by atoms with Crippen molar-refractivity contribution in [1.29, 1.82) is 0 Å². The van der Waals surface area contributed by atoms with E-state index in [-0.39, 0.29) is 5.91 Å². The number of benzene rings is 2. The highest BCUT2D eigenvalue weighted by Gasteiger charge is 2.08. The van der Waals surface area contributed by atoms with Gasteiger partial charge in [-0.25, -0.2) is 9.97 Å². The number of rotatable bonds is 6. The van der Waals surface area contributed by atoms with Crippen LogP contribution >= 0.6 is 0 Å². The van der Waals surface area contributed by atoms with Crippen LogP contribution in [0, 0.1) is 6.92 Å². The van der Waals surface area contributed by atoms with Gasteiger partial charge in [0.2, 0.25) is 5.95 Å². The Labute approximate surface area is 163 Å². The average molecular weight is 371 g/mol. The zero-order chi connectivity index (χ0) is 19.3. The van der Waals surface area contributed by atoms with Gasteiger partial charge in [-0.15, -0.1) is 0 Å². The summed E-state index contributed by atoms with van der Waals surface area (Å²) in [5.74, 6) is 0.280. The summed E-state index contributed by atoms with van der Waals surface area (Å²) in [7, 11) is 0. The highest BCUT2D eigenvalue weighted by molar-refractivity contribution is 5.93. The lowest BCUT2D eigenvalue weighted by Crippen LogP contribution is -2.26. The van der Waals surface area contributed by atoms with Gasteiger partial charge in [0.15, 0.2) is 0 Å². The van der Waals surface area contributed by atoms with E-state index in [0.717, 1.165) is 23.2 Å². The normalized spacial score (nSPS) is 10.8. The number of hydrogen-bond donors (Lipinski definition) is 3. The van der Waals surface area contributed by atoms with Crippen LogP contribution in [-0.4, -0.2) is 27.4 Å². The molecule has 4 rings (SSSR count). The summed E-state index contributed by atoms with van der Waals surface area (Å²) >= 11 is 0. The van der Waals surface area contributed by atoms with Crippen LogP contribution in [0.3, 0.4) is 0 Å². The van der Waals surface area contributed by atoms with Crippen LogP contribution in [0.2, 0.25) is 0 Å². The maximum absolute atomic E-state index is 12.3. The van der Waals surface area contributed by atoms with E-state index in [0.29, 0.717) is 18.1 Å². The standard InChI is InChI=1S/C22H21N5O/c1-15-5-4-6-18(11-15)27-22-25-13-17(14-26-22)21(28)23-10-9-16-12-24-20-8-3-2-7-19(16)20/h2-8,11-14,24H,9-10H2,1H3,(H,23,28)(H,25,26,27). The molecule has 0 atom stereocenters. The summed E-state index contributed by atoms with van der Waals surface area (Å²) in [6.45, 7) is 2.57. The molecule has 6 heteroatoms. The number of anilines is 2. The van der Waals surface area contributed by atoms with Crippen molar-refractivity contribution in [3.05, 3.63) is 83.8 Å². The predicted molar refractivity (Wildman–Crippen MR) is 111 cm³/mol. The molecule has 0 aliphatic carbocycles. The molecule has 2 aromatic heterocycles. The molecule has 0 saturated heterocycles. The number of amides is 1. The van der Waals surface area contributed by atoms with Gasteiger partial charge in [0.05, 0.1) is 5.56 Å². The second-order valence-electron chi connectivity index (χ2n) is 6.66. The molecule has 6 nitrogen and oxygen atoms in total. The zero-order valence-corrected chi connectivity index (χ0v) is 15.6. The number of para-hydroxylation sites is 1. The SMILES string of the molecule is Cc1cccc(Nc2ncc(C(=O)NCCc3c[nH]c4ccccc34)cn2)c1. The van der Waals surface area contributed by atoms with Crippen LogP contribution in [-0.2, 0) is 6.42 Å². The molecule has 0 spiro atoms. The number of nitrogens with one attached hydrogen (secondary N) is 3. The monoisotopic (exact) mass is 371 g/mol. The van der Waals surface area contributed by atoms with Gasteiger partial charge < -0.3 is 15.6 Å². The Morgan fingerprint density at radius 2 is 1.89 bits per heavy atom. The fourth-order valence-electron chi connectivity index (χ4n) is 3.11. The van der Waals surface area contributed by atoms with Crippen LogP contribution < -0.4 is 10.6 Å². The van der Waals surface area contributed by atoms with Crippen molar-refractivity contribution in [1.82, 2.24) is 20.3 Å². The molecule has 28 heavy (non-hydrogen) atoms. The van der Waals surface area contributed by atoms with Crippen molar-refractivity contribution in [3.63, 3.8) is 0 Å². The Morgan fingerprint density at radius 1 is 1.07 bits per heavy atom. The van der Waals surface area contributed by atoms with Crippen LogP contribution in [0.5, 0.6) is 0 Å². The van der Waals surface area contributed by atoms with Crippen molar-refractivity contribution in [2.75, 3.05) is 11.9 Å². The van der Waals surface area contributed by atoms with Gasteiger partial charge in [-0.2, -0.15) is 0 Å². The molecule has 140 valence electrons. The Hall–Kier alpha value is -3.67. The maximum Gasteiger partial charge on any atom is 0.254 e. The van der Waals surface area contributed by atoms with Gasteiger partial charge in [0.25, 0.3) is 5.91 Å². The van der Waals surface area contributed by atoms with Gasteiger partial charge in [0.1, 0.15) is 0 Å². The van der Waals surface area contributed by atoms with E-state index < -0.39 is 0 Å². The minimum absolute atomic E-state index is 0.179. The molecule has 2 aromatic carbocycles. The van der Waals surface area contributed by atoms with Crippen molar-refractivity contribution in [2.45, 2.75) is 13.3 Å². The summed E-state index contributed by atoms with van der Waals surface area (Å²) in [5.41, 5.74) is 4.79. The van der Waals surface area contributed by atoms with Crippen LogP contribution in [0.1, 0.15) is 21.5 Å². The lowest BCUT2D eigenvalue weighted by molar-refractivity contribution is 0.0953. The Bertz CT molecular complexity index is 1100. The van der Waals surface area contributed by atoms with Crippen LogP contribution in [0.4, 0.5) is 11.6 Å². The number of carbonyl (C=O) groups excluding carboxylic acids is 1. The topological polar surface area (TPSA) is 82.7 Å². The number of aromatic amines is 1. The minimum atomic E-state index is -0.179. The van der Waals surface area contributed by atoms with Crippen molar-refractivity contribution in [2.24, 2.45) is 0 Å². The molecule has 3 N–H and O–H groups in total. The van der Waals surface area contributed by atoms with Crippen molar-refractivity contribution in [3.8, 4) is 0 Å². The summed E-state index contributed by atoms with van der Waals surface area (Å²) in [5, 5.41) is 7.24. The summed E-state index contributed by atoms with van der Waals surface area (Å²) in [6, 6.07) is 16.1. The van der Waals surface area contributed by atoms with E-state index in [1.54, 1.807) is 0 Å². The molecule has 0 fully saturated rings. The lowest BCUT2D eigenvalue weighted by atomic mass is 10.1. The summed E-state index contributed by atoms with van der Waals surface area (Å²) in [4.78, 5) is 24.1. The highest BCUT2D eigenvalue weighted by Crippen LogP contribution is 2.18. The third kappa shape index (κ3) is 4.01. The first-order valence-electron chi connectivity index (χ1n) is 9.18. The molecule has 0 aliphatic heterocycles. The fourth-order valence-corrected chi connectivity index (χ4v) is 3.11. The van der Waals surface area contributed by atoms with Crippen LogP contribution in [0.15, 0.2) is 67.1 Å². The minimum Gasteiger partial charge on any atom is -0.361 e. The second kappa shape index (κ2) is 7.92. The summed E-state index contributed by atoms with van der Waals surface area (Å²) < 4.78 is 0. The number of aryl methyl sites for hydroxylation is 1. The Morgan fingerprint density at radius 3 is 2.71 bits per heavy atom. The van der Waals surface area contributed by atoms with Gasteiger partial charge in [-0.1, -0.05) is 30.3 Å². The van der Waals surface area contributed by atoms with Gasteiger partial charge in [0, 0.05) is 41.7 Å². The number of H-pyrrole nitrogens is 1. The second-order valence-corrected chi connectivity index (χ2v) is 6.66. The summed E-state index contributed by atoms with van der Waals surface area (Å²) in [6.07, 6.45) is 5.81. The Kier molecular flexibility index (Phi) is 5.01. The first-order chi connectivity index (χ1) is 13.7. The average Bonchev–Trinajstić information content (AvgIpc) is 3.12. The zero-order valence-electron chi connectivity index (χ0n) is 15.6. The number of nitrogens with zero attached hydrogens (tertiary/aromatic N) is 2. The Balaban J connectivity index is 1.33. The fraction of sp³-hybridized carbons (Fsp3) is 0.136. The molecule has 1 amide bonds. The molecular formula is C22H21N5O. The van der Waals surface area contributed by atoms with E-state index in [9.17, 15) is 4.79 Å². The smallest absolute Gasteiger partial charge is 0.254 e. The molecule has 4 aromatic rings. The van der Waals surface area contributed by atoms with Gasteiger partial charge >= 0.3 is 0 Å². The number of fused-ring (bicyclic) bond motifs is 1. The van der Waals surface area contributed by atoms with Crippen LogP contribution in [0.25, 0.3) is 10.9 Å². The van der Waals surface area contributed by atoms with E-state index in [1.165, 1.54) is 23.3 Å². The first kappa shape index (κ1) is 17.7. The largest absolute Gasteiger partial charge is 0.361 e. The lowest BCUT2D eigenvalue weighted by Gasteiger charge is -2.07. The third-order valence-electron chi connectivity index (χ3n) is 4.54. The third-order valence-corrected chi connectivity index (χ3v) is 4.54. The quantitative estimate of drug-likeness (QED) is 0.479. The molecule has 0 unspecified atom stereocenters. The predicted octanol–water partition coefficient (Wildman–Crippen LogP) is 3.98. The highest BCUT2D eigenvalue weighted by atomic mass is 16.1. The van der Waals surface area contributed by atoms with E-state index in [2.05, 4.69) is 31.7 Å². The molecular weight excluding hydrogens is 350 g/mol. The molecule has 0 aliphatic rings. The number of hydrogen-bond acceptors (Lipinski definition) is 4. The molecule has 0 bridgehead atoms. The van der Waals surface area contributed by atoms with Crippen molar-refractivity contribution < 1.29 is 4.79 Å². The molecule has 0 saturated carbocycles. The van der Waals surface area contributed by atoms with Gasteiger partial charge in [-0.3, -0.25) is 4.79 Å². The van der Waals surface area contributed by atoms with E-state index in [1.807, 2.05) is 55.6 Å². The van der Waals surface area contributed by atoms with E-state index in [4.69, 9.17) is 0 Å². The van der Waals surface area contributed by atoms with Crippen molar-refractivity contribution >= 4 is 28.4 Å². The molecule has 2 heterocycles. The molecule has 0 radical (unpaired) electrons. The first-order valence-corrected chi connectivity index (χ1v) is 9.18. The van der Waals surface area contributed by atoms with E-state index >= 15 is 0 Å². The number of aromatic nitrogens is 3.